The number of carbonyl (C=O) groups is 1. The van der Waals surface area contributed by atoms with Crippen molar-refractivity contribution in [2.45, 2.75) is 18.9 Å². The van der Waals surface area contributed by atoms with Gasteiger partial charge in [-0.05, 0) is 25.0 Å². The molecule has 1 aliphatic heterocycles. The van der Waals surface area contributed by atoms with Gasteiger partial charge in [0.1, 0.15) is 5.49 Å². The topological polar surface area (TPSA) is 119 Å². The monoisotopic (exact) mass is 445 g/mol. The number of piperidine rings is 1. The predicted molar refractivity (Wildman–Crippen MR) is 102 cm³/mol. The molecule has 1 aromatic carbocycles. The number of aromatic amines is 1. The van der Waals surface area contributed by atoms with Crippen LogP contribution in [-0.4, -0.2) is 53.9 Å². The summed E-state index contributed by atoms with van der Waals surface area (Å²) < 4.78 is 52.0. The first-order valence-electron chi connectivity index (χ1n) is 8.61. The lowest BCUT2D eigenvalue weighted by atomic mass is 10.0. The van der Waals surface area contributed by atoms with E-state index in [4.69, 9.17) is 17.0 Å². The van der Waals surface area contributed by atoms with Crippen LogP contribution in [0.4, 0.5) is 14.7 Å². The summed E-state index contributed by atoms with van der Waals surface area (Å²) in [5, 5.41) is 10.8. The number of anilines is 1. The van der Waals surface area contributed by atoms with Crippen LogP contribution in [0.15, 0.2) is 18.3 Å². The van der Waals surface area contributed by atoms with Gasteiger partial charge in [-0.25, -0.2) is 26.5 Å². The Bertz CT molecular complexity index is 1110. The molecule has 3 N–H and O–H groups in total. The summed E-state index contributed by atoms with van der Waals surface area (Å²) in [5.74, 6) is -3.37. The van der Waals surface area contributed by atoms with E-state index in [-0.39, 0.29) is 28.1 Å². The molecule has 0 saturated carbocycles. The van der Waals surface area contributed by atoms with Gasteiger partial charge in [-0.15, -0.1) is 0 Å². The largest absolute Gasteiger partial charge is 0.353 e. The van der Waals surface area contributed by atoms with Gasteiger partial charge in [0.2, 0.25) is 21.8 Å². The maximum absolute atomic E-state index is 14.0. The van der Waals surface area contributed by atoms with Crippen molar-refractivity contribution >= 4 is 33.4 Å². The fourth-order valence-corrected chi connectivity index (χ4v) is 4.16. The number of rotatable bonds is 5. The molecule has 0 radical (unpaired) electrons. The highest BCUT2D eigenvalue weighted by molar-refractivity contribution is 7.88. The van der Waals surface area contributed by atoms with Crippen molar-refractivity contribution < 1.29 is 22.0 Å². The molecule has 0 amide bonds. The first-order chi connectivity index (χ1) is 13.6. The molecule has 0 bridgehead atoms. The second kappa shape index (κ2) is 8.17. The number of halogens is 3. The number of hydrogen-bond acceptors (Lipinski definition) is 6. The zero-order chi connectivity index (χ0) is 21.3. The first kappa shape index (κ1) is 21.3. The van der Waals surface area contributed by atoms with Crippen LogP contribution in [0.3, 0.4) is 0 Å². The average Bonchev–Trinajstić information content (AvgIpc) is 2.65. The van der Waals surface area contributed by atoms with Crippen LogP contribution in [0.2, 0.25) is 5.02 Å². The van der Waals surface area contributed by atoms with E-state index in [1.165, 1.54) is 4.31 Å². The van der Waals surface area contributed by atoms with Crippen LogP contribution in [0.5, 0.6) is 0 Å². The van der Waals surface area contributed by atoms with Crippen molar-refractivity contribution in [3.63, 3.8) is 0 Å². The minimum absolute atomic E-state index is 0.0761. The molecule has 29 heavy (non-hydrogen) atoms. The van der Waals surface area contributed by atoms with E-state index in [0.29, 0.717) is 25.9 Å². The molecule has 0 spiro atoms. The predicted octanol–water partition coefficient (Wildman–Crippen LogP) is 1.89. The van der Waals surface area contributed by atoms with Crippen LogP contribution >= 0.6 is 11.6 Å². The molecule has 8 nitrogen and oxygen atoms in total. The molecule has 3 rings (SSSR count). The molecule has 0 aliphatic carbocycles. The van der Waals surface area contributed by atoms with Gasteiger partial charge >= 0.3 is 0 Å². The zero-order valence-corrected chi connectivity index (χ0v) is 16.9. The van der Waals surface area contributed by atoms with Crippen LogP contribution in [-0.2, 0) is 10.0 Å². The zero-order valence-electron chi connectivity index (χ0n) is 15.3. The summed E-state index contributed by atoms with van der Waals surface area (Å²) in [6.45, 7) is 0.719. The number of nitrogens with zero attached hydrogens (tertiary/aromatic N) is 2. The minimum atomic E-state index is -3.23. The Morgan fingerprint density at radius 3 is 2.59 bits per heavy atom. The molecular formula is C17H18ClF2N5O3S. The second-order valence-electron chi connectivity index (χ2n) is 6.65. The highest BCUT2D eigenvalue weighted by atomic mass is 35.5. The van der Waals surface area contributed by atoms with Crippen molar-refractivity contribution in [2.24, 2.45) is 0 Å². The van der Waals surface area contributed by atoms with Gasteiger partial charge in [0.05, 0.1) is 22.4 Å². The molecule has 1 fully saturated rings. The second-order valence-corrected chi connectivity index (χ2v) is 9.04. The Hall–Kier alpha value is -2.37. The number of sulfonamides is 1. The van der Waals surface area contributed by atoms with E-state index in [9.17, 15) is 22.0 Å². The average molecular weight is 446 g/mol. The van der Waals surface area contributed by atoms with Crippen molar-refractivity contribution in [1.29, 1.82) is 5.41 Å². The molecule has 0 atom stereocenters. The van der Waals surface area contributed by atoms with E-state index in [2.05, 4.69) is 15.3 Å². The third-order valence-electron chi connectivity index (χ3n) is 4.61. The highest BCUT2D eigenvalue weighted by Crippen LogP contribution is 2.24. The molecule has 1 saturated heterocycles. The van der Waals surface area contributed by atoms with Gasteiger partial charge in [0, 0.05) is 25.3 Å². The van der Waals surface area contributed by atoms with Crippen LogP contribution < -0.4 is 10.8 Å². The Morgan fingerprint density at radius 1 is 1.34 bits per heavy atom. The smallest absolute Gasteiger partial charge is 0.211 e. The summed E-state index contributed by atoms with van der Waals surface area (Å²) in [4.78, 5) is 19.2. The van der Waals surface area contributed by atoms with Crippen LogP contribution in [0.25, 0.3) is 0 Å². The Balaban J connectivity index is 1.76. The van der Waals surface area contributed by atoms with E-state index in [0.717, 1.165) is 24.6 Å². The summed E-state index contributed by atoms with van der Waals surface area (Å²) in [6.07, 6.45) is 3.32. The molecule has 1 aromatic heterocycles. The maximum atomic E-state index is 14.0. The number of nitrogens with one attached hydrogen (secondary N) is 3. The van der Waals surface area contributed by atoms with Gasteiger partial charge in [0.25, 0.3) is 0 Å². The quantitative estimate of drug-likeness (QED) is 0.479. The fraction of sp³-hybridized carbons (Fsp3) is 0.353. The molecule has 156 valence electrons. The van der Waals surface area contributed by atoms with Crippen LogP contribution in [0.1, 0.15) is 28.8 Å². The van der Waals surface area contributed by atoms with E-state index in [1.807, 2.05) is 0 Å². The SMILES string of the molecule is CS(=O)(=O)N1CCC(Nc2ncc(C(=O)c3c(Cl)ccc(F)c3F)c(=N)[nH]2)CC1. The summed E-state index contributed by atoms with van der Waals surface area (Å²) >= 11 is 5.82. The Labute approximate surface area is 170 Å². The fourth-order valence-electron chi connectivity index (χ4n) is 3.05. The number of aromatic nitrogens is 2. The Morgan fingerprint density at radius 2 is 2.00 bits per heavy atom. The highest BCUT2D eigenvalue weighted by Gasteiger charge is 2.26. The number of hydrogen-bond donors (Lipinski definition) is 3. The van der Waals surface area contributed by atoms with Crippen molar-refractivity contribution in [3.05, 3.63) is 51.6 Å². The molecule has 1 aliphatic rings. The minimum Gasteiger partial charge on any atom is -0.353 e. The lowest BCUT2D eigenvalue weighted by Crippen LogP contribution is -2.42. The summed E-state index contributed by atoms with van der Waals surface area (Å²) in [5.41, 5.74) is -1.28. The third-order valence-corrected chi connectivity index (χ3v) is 6.23. The van der Waals surface area contributed by atoms with Crippen LogP contribution in [0, 0.1) is 17.0 Å². The van der Waals surface area contributed by atoms with Crippen molar-refractivity contribution in [3.8, 4) is 0 Å². The van der Waals surface area contributed by atoms with Crippen molar-refractivity contribution in [1.82, 2.24) is 14.3 Å². The van der Waals surface area contributed by atoms with E-state index < -0.39 is 33.0 Å². The maximum Gasteiger partial charge on any atom is 0.211 e. The van der Waals surface area contributed by atoms with E-state index >= 15 is 0 Å². The van der Waals surface area contributed by atoms with Gasteiger partial charge in [-0.3, -0.25) is 10.2 Å². The lowest BCUT2D eigenvalue weighted by molar-refractivity contribution is 0.103. The summed E-state index contributed by atoms with van der Waals surface area (Å²) in [7, 11) is -3.23. The number of H-pyrrole nitrogens is 1. The number of carbonyl (C=O) groups excluding carboxylic acids is 1. The number of benzene rings is 1. The normalized spacial score (nSPS) is 16.0. The third kappa shape index (κ3) is 4.62. The number of ketones is 1. The molecule has 12 heteroatoms. The van der Waals surface area contributed by atoms with Gasteiger partial charge in [-0.1, -0.05) is 11.6 Å². The molecular weight excluding hydrogens is 428 g/mol. The van der Waals surface area contributed by atoms with Gasteiger partial charge in [0.15, 0.2) is 11.6 Å². The van der Waals surface area contributed by atoms with Gasteiger partial charge < -0.3 is 10.3 Å². The summed E-state index contributed by atoms with van der Waals surface area (Å²) in [6, 6.07) is 1.79. The van der Waals surface area contributed by atoms with Crippen molar-refractivity contribution in [2.75, 3.05) is 24.7 Å². The van der Waals surface area contributed by atoms with E-state index in [1.54, 1.807) is 0 Å². The standard InChI is InChI=1S/C17H18ClF2N5O3S/c1-29(27,28)25-6-4-9(5-7-25)23-17-22-8-10(16(21)24-17)15(26)13-11(18)2-3-12(19)14(13)20/h2-3,8-9H,4-7H2,1H3,(H3,21,22,23,24). The Kier molecular flexibility index (Phi) is 6.01. The first-order valence-corrected chi connectivity index (χ1v) is 10.8. The van der Waals surface area contributed by atoms with Gasteiger partial charge in [-0.2, -0.15) is 0 Å². The lowest BCUT2D eigenvalue weighted by Gasteiger charge is -2.30. The molecule has 0 unspecified atom stereocenters. The molecule has 2 heterocycles. The molecule has 2 aromatic rings.